The van der Waals surface area contributed by atoms with E-state index in [2.05, 4.69) is 10.0 Å². The number of ether oxygens (including phenoxy) is 1. The maximum absolute atomic E-state index is 9.92. The molecule has 0 saturated carbocycles. The van der Waals surface area contributed by atoms with Gasteiger partial charge < -0.3 is 9.84 Å². The summed E-state index contributed by atoms with van der Waals surface area (Å²) in [6, 6.07) is 7.42. The lowest BCUT2D eigenvalue weighted by molar-refractivity contribution is 0.165. The first-order valence-electron chi connectivity index (χ1n) is 6.09. The highest BCUT2D eigenvalue weighted by molar-refractivity contribution is 5.28. The molecule has 1 rings (SSSR count). The largest absolute Gasteiger partial charge is 0.491 e. The molecule has 98 valence electrons. The van der Waals surface area contributed by atoms with E-state index in [1.165, 1.54) is 0 Å². The molecule has 0 aliphatic carbocycles. The van der Waals surface area contributed by atoms with E-state index in [0.717, 1.165) is 11.3 Å². The topological polar surface area (TPSA) is 78.2 Å². The molecular formula is C13H19N3O2. The number of aliphatic hydroxyl groups excluding tert-OH is 1. The minimum Gasteiger partial charge on any atom is -0.491 e. The predicted octanol–water partition coefficient (Wildman–Crippen LogP) is 3.60. The van der Waals surface area contributed by atoms with Crippen LogP contribution in [-0.4, -0.2) is 17.8 Å². The van der Waals surface area contributed by atoms with Gasteiger partial charge in [-0.25, -0.2) is 0 Å². The molecule has 1 N–H and O–H groups in total. The predicted molar refractivity (Wildman–Crippen MR) is 70.4 cm³/mol. The fraction of sp³-hybridized carbons (Fsp3) is 0.538. The number of hydrogen-bond donors (Lipinski definition) is 1. The van der Waals surface area contributed by atoms with Crippen LogP contribution in [0, 0.1) is 0 Å². The highest BCUT2D eigenvalue weighted by Crippen LogP contribution is 2.21. The van der Waals surface area contributed by atoms with Crippen LogP contribution < -0.4 is 4.74 Å². The Morgan fingerprint density at radius 3 is 2.56 bits per heavy atom. The second kappa shape index (κ2) is 7.58. The van der Waals surface area contributed by atoms with Crippen LogP contribution in [0.15, 0.2) is 29.4 Å². The molecule has 0 heterocycles. The Balaban J connectivity index is 2.48. The van der Waals surface area contributed by atoms with Crippen LogP contribution in [0.25, 0.3) is 10.4 Å². The summed E-state index contributed by atoms with van der Waals surface area (Å²) < 4.78 is 5.53. The average Bonchev–Trinajstić information content (AvgIpc) is 2.34. The van der Waals surface area contributed by atoms with E-state index in [1.54, 1.807) is 0 Å². The van der Waals surface area contributed by atoms with Crippen molar-refractivity contribution in [1.29, 1.82) is 0 Å². The average molecular weight is 249 g/mol. The molecule has 1 aromatic carbocycles. The smallest absolute Gasteiger partial charge is 0.119 e. The van der Waals surface area contributed by atoms with Crippen molar-refractivity contribution in [3.05, 3.63) is 40.3 Å². The van der Waals surface area contributed by atoms with Crippen molar-refractivity contribution >= 4 is 0 Å². The van der Waals surface area contributed by atoms with Crippen LogP contribution in [0.2, 0.25) is 0 Å². The number of benzene rings is 1. The Morgan fingerprint density at radius 2 is 2.00 bits per heavy atom. The maximum atomic E-state index is 9.92. The van der Waals surface area contributed by atoms with Gasteiger partial charge in [0.25, 0.3) is 0 Å². The third kappa shape index (κ3) is 5.08. The van der Waals surface area contributed by atoms with Gasteiger partial charge in [0.1, 0.15) is 5.75 Å². The minimum atomic E-state index is -0.521. The van der Waals surface area contributed by atoms with Gasteiger partial charge >= 0.3 is 0 Å². The number of rotatable bonds is 7. The molecule has 0 aromatic heterocycles. The number of azide groups is 1. The number of hydrogen-bond acceptors (Lipinski definition) is 3. The van der Waals surface area contributed by atoms with Gasteiger partial charge in [-0.3, -0.25) is 0 Å². The molecule has 0 amide bonds. The van der Waals surface area contributed by atoms with Crippen LogP contribution >= 0.6 is 0 Å². The fourth-order valence-corrected chi connectivity index (χ4v) is 1.61. The molecule has 0 aliphatic heterocycles. The van der Waals surface area contributed by atoms with E-state index in [1.807, 2.05) is 38.1 Å². The van der Waals surface area contributed by atoms with Gasteiger partial charge in [-0.05, 0) is 49.9 Å². The van der Waals surface area contributed by atoms with Gasteiger partial charge in [0.15, 0.2) is 0 Å². The highest BCUT2D eigenvalue weighted by Gasteiger charge is 2.07. The quantitative estimate of drug-likeness (QED) is 0.347. The number of nitrogens with zero attached hydrogens (tertiary/aromatic N) is 3. The van der Waals surface area contributed by atoms with Crippen molar-refractivity contribution < 1.29 is 9.84 Å². The standard InChI is InChI=1S/C13H19N3O2/c1-10(2)18-12-7-5-11(6-8-12)13(17)4-3-9-15-16-14/h5-8,10,13,17H,3-4,9H2,1-2H3. The van der Waals surface area contributed by atoms with E-state index >= 15 is 0 Å². The second-order valence-electron chi connectivity index (χ2n) is 4.35. The van der Waals surface area contributed by atoms with Crippen molar-refractivity contribution in [2.75, 3.05) is 6.54 Å². The van der Waals surface area contributed by atoms with Crippen molar-refractivity contribution in [3.63, 3.8) is 0 Å². The van der Waals surface area contributed by atoms with Gasteiger partial charge in [0.2, 0.25) is 0 Å². The van der Waals surface area contributed by atoms with Crippen LogP contribution in [0.4, 0.5) is 0 Å². The molecule has 0 aliphatic rings. The van der Waals surface area contributed by atoms with Gasteiger partial charge in [-0.2, -0.15) is 0 Å². The first kappa shape index (κ1) is 14.4. The molecule has 5 heteroatoms. The van der Waals surface area contributed by atoms with Crippen molar-refractivity contribution in [1.82, 2.24) is 0 Å². The van der Waals surface area contributed by atoms with Gasteiger partial charge in [0.05, 0.1) is 12.2 Å². The molecule has 0 fully saturated rings. The Kier molecular flexibility index (Phi) is 6.05. The van der Waals surface area contributed by atoms with Crippen molar-refractivity contribution in [2.45, 2.75) is 38.9 Å². The number of aliphatic hydroxyl groups is 1. The second-order valence-corrected chi connectivity index (χ2v) is 4.35. The van der Waals surface area contributed by atoms with Gasteiger partial charge in [-0.1, -0.05) is 17.2 Å². The molecular weight excluding hydrogens is 230 g/mol. The molecule has 18 heavy (non-hydrogen) atoms. The molecule has 0 bridgehead atoms. The van der Waals surface area contributed by atoms with Crippen LogP contribution in [0.5, 0.6) is 5.75 Å². The molecule has 0 spiro atoms. The zero-order valence-electron chi connectivity index (χ0n) is 10.8. The van der Waals surface area contributed by atoms with Crippen LogP contribution in [0.3, 0.4) is 0 Å². The lowest BCUT2D eigenvalue weighted by Gasteiger charge is -2.13. The zero-order valence-corrected chi connectivity index (χ0v) is 10.8. The summed E-state index contributed by atoms with van der Waals surface area (Å²) in [7, 11) is 0. The highest BCUT2D eigenvalue weighted by atomic mass is 16.5. The summed E-state index contributed by atoms with van der Waals surface area (Å²) in [5.74, 6) is 0.801. The summed E-state index contributed by atoms with van der Waals surface area (Å²) >= 11 is 0. The summed E-state index contributed by atoms with van der Waals surface area (Å²) in [4.78, 5) is 2.67. The molecule has 0 radical (unpaired) electrons. The molecule has 0 saturated heterocycles. The molecule has 1 aromatic rings. The van der Waals surface area contributed by atoms with E-state index in [-0.39, 0.29) is 6.10 Å². The lowest BCUT2D eigenvalue weighted by atomic mass is 10.0. The summed E-state index contributed by atoms with van der Waals surface area (Å²) in [6.07, 6.45) is 0.885. The summed E-state index contributed by atoms with van der Waals surface area (Å²) in [6.45, 7) is 4.36. The van der Waals surface area contributed by atoms with Crippen molar-refractivity contribution in [3.8, 4) is 5.75 Å². The Hall–Kier alpha value is -1.71. The lowest BCUT2D eigenvalue weighted by Crippen LogP contribution is -2.05. The first-order chi connectivity index (χ1) is 8.63. The summed E-state index contributed by atoms with van der Waals surface area (Å²) in [5.41, 5.74) is 8.99. The van der Waals surface area contributed by atoms with E-state index in [4.69, 9.17) is 10.3 Å². The SMILES string of the molecule is CC(C)Oc1ccc(C(O)CCCN=[N+]=[N-])cc1. The third-order valence-corrected chi connectivity index (χ3v) is 2.44. The van der Waals surface area contributed by atoms with Crippen LogP contribution in [-0.2, 0) is 0 Å². The van der Waals surface area contributed by atoms with Gasteiger partial charge in [-0.15, -0.1) is 0 Å². The van der Waals surface area contributed by atoms with Crippen LogP contribution in [0.1, 0.15) is 38.4 Å². The fourth-order valence-electron chi connectivity index (χ4n) is 1.61. The monoisotopic (exact) mass is 249 g/mol. The first-order valence-corrected chi connectivity index (χ1v) is 6.09. The zero-order chi connectivity index (χ0) is 13.4. The Labute approximate surface area is 107 Å². The van der Waals surface area contributed by atoms with E-state index in [0.29, 0.717) is 19.4 Å². The molecule has 5 nitrogen and oxygen atoms in total. The van der Waals surface area contributed by atoms with E-state index in [9.17, 15) is 5.11 Å². The molecule has 1 atom stereocenters. The summed E-state index contributed by atoms with van der Waals surface area (Å²) in [5, 5.41) is 13.4. The van der Waals surface area contributed by atoms with E-state index < -0.39 is 6.10 Å². The van der Waals surface area contributed by atoms with Crippen molar-refractivity contribution in [2.24, 2.45) is 5.11 Å². The third-order valence-electron chi connectivity index (χ3n) is 2.44. The molecule has 1 unspecified atom stereocenters. The Bertz CT molecular complexity index is 397. The maximum Gasteiger partial charge on any atom is 0.119 e. The minimum absolute atomic E-state index is 0.143. The Morgan fingerprint density at radius 1 is 1.33 bits per heavy atom. The normalized spacial score (nSPS) is 12.0. The van der Waals surface area contributed by atoms with Gasteiger partial charge in [0, 0.05) is 11.5 Å².